The Kier molecular flexibility index (Phi) is 4.93. The van der Waals surface area contributed by atoms with Crippen LogP contribution in [0, 0.1) is 20.8 Å². The van der Waals surface area contributed by atoms with E-state index in [9.17, 15) is 9.59 Å². The van der Waals surface area contributed by atoms with Crippen LogP contribution in [0.3, 0.4) is 0 Å². The lowest BCUT2D eigenvalue weighted by atomic mass is 9.98. The summed E-state index contributed by atoms with van der Waals surface area (Å²) in [6.07, 6.45) is 0. The average Bonchev–Trinajstić information content (AvgIpc) is 2.73. The fourth-order valence-corrected chi connectivity index (χ4v) is 3.73. The van der Waals surface area contributed by atoms with E-state index in [-0.39, 0.29) is 18.4 Å². The molecule has 0 aromatic heterocycles. The van der Waals surface area contributed by atoms with Gasteiger partial charge in [-0.2, -0.15) is 0 Å². The Hall–Kier alpha value is -3.40. The maximum atomic E-state index is 13.7. The third-order valence-electron chi connectivity index (χ3n) is 5.55. The molecule has 3 aromatic rings. The van der Waals surface area contributed by atoms with Crippen LogP contribution in [-0.4, -0.2) is 18.4 Å². The van der Waals surface area contributed by atoms with Crippen molar-refractivity contribution < 1.29 is 9.59 Å². The van der Waals surface area contributed by atoms with E-state index in [0.717, 1.165) is 33.6 Å². The Morgan fingerprint density at radius 2 is 1.41 bits per heavy atom. The normalized spacial score (nSPS) is 17.0. The average molecular weight is 384 g/mol. The molecule has 146 valence electrons. The minimum Gasteiger partial charge on any atom is -0.301 e. The van der Waals surface area contributed by atoms with E-state index in [1.807, 2.05) is 93.6 Å². The van der Waals surface area contributed by atoms with E-state index in [1.54, 1.807) is 9.80 Å². The van der Waals surface area contributed by atoms with Crippen molar-refractivity contribution in [2.75, 3.05) is 16.3 Å². The first-order valence-corrected chi connectivity index (χ1v) is 9.78. The quantitative estimate of drug-likeness (QED) is 0.655. The highest BCUT2D eigenvalue weighted by Gasteiger charge is 2.41. The Bertz CT molecular complexity index is 1060. The van der Waals surface area contributed by atoms with Crippen molar-refractivity contribution in [1.29, 1.82) is 0 Å². The molecule has 0 N–H and O–H groups in total. The van der Waals surface area contributed by atoms with Crippen molar-refractivity contribution in [3.8, 4) is 0 Å². The highest BCUT2D eigenvalue weighted by Crippen LogP contribution is 2.35. The number of nitrogens with zero attached hydrogens (tertiary/aromatic N) is 2. The minimum atomic E-state index is -0.693. The number of carbonyl (C=O) groups excluding carboxylic acids is 2. The fraction of sp³-hybridized carbons (Fsp3) is 0.200. The zero-order chi connectivity index (χ0) is 20.5. The molecule has 1 fully saturated rings. The second kappa shape index (κ2) is 7.55. The number of benzene rings is 3. The van der Waals surface area contributed by atoms with Gasteiger partial charge in [0.05, 0.1) is 0 Å². The van der Waals surface area contributed by atoms with Gasteiger partial charge in [0.2, 0.25) is 5.91 Å². The summed E-state index contributed by atoms with van der Waals surface area (Å²) in [5.41, 5.74) is 5.67. The minimum absolute atomic E-state index is 0.0263. The molecule has 1 saturated heterocycles. The van der Waals surface area contributed by atoms with Crippen LogP contribution in [0.2, 0.25) is 0 Å². The molecule has 4 rings (SSSR count). The fourth-order valence-electron chi connectivity index (χ4n) is 3.73. The lowest BCUT2D eigenvalue weighted by Gasteiger charge is -2.40. The van der Waals surface area contributed by atoms with Crippen molar-refractivity contribution >= 4 is 23.2 Å². The van der Waals surface area contributed by atoms with Gasteiger partial charge in [-0.3, -0.25) is 14.5 Å². The first-order valence-electron chi connectivity index (χ1n) is 9.78. The van der Waals surface area contributed by atoms with Gasteiger partial charge in [-0.1, -0.05) is 54.1 Å². The number of amides is 2. The Morgan fingerprint density at radius 1 is 0.759 bits per heavy atom. The van der Waals surface area contributed by atoms with E-state index in [1.165, 1.54) is 0 Å². The van der Waals surface area contributed by atoms with E-state index >= 15 is 0 Å². The standard InChI is InChI=1S/C25H24N2O2/c1-17-9-12-21(13-10-17)27-23(28)16-26(22-14-11-18(2)19(3)15-22)25(29)24(27)20-7-5-4-6-8-20/h4-15,24H,16H2,1-3H3/t24-/m1/s1. The summed E-state index contributed by atoms with van der Waals surface area (Å²) in [5.74, 6) is -0.194. The summed E-state index contributed by atoms with van der Waals surface area (Å²) in [7, 11) is 0. The van der Waals surface area contributed by atoms with Gasteiger partial charge in [0, 0.05) is 11.4 Å². The molecule has 4 heteroatoms. The molecule has 3 aromatic carbocycles. The zero-order valence-electron chi connectivity index (χ0n) is 16.9. The molecule has 1 atom stereocenters. The van der Waals surface area contributed by atoms with Crippen LogP contribution in [0.15, 0.2) is 72.8 Å². The second-order valence-electron chi connectivity index (χ2n) is 7.61. The number of rotatable bonds is 3. The summed E-state index contributed by atoms with van der Waals surface area (Å²) in [5, 5.41) is 0. The van der Waals surface area contributed by atoms with E-state index in [4.69, 9.17) is 0 Å². The molecular formula is C25H24N2O2. The van der Waals surface area contributed by atoms with Crippen molar-refractivity contribution in [3.63, 3.8) is 0 Å². The molecule has 0 aliphatic carbocycles. The smallest absolute Gasteiger partial charge is 0.255 e. The molecule has 1 aliphatic heterocycles. The first-order chi connectivity index (χ1) is 14.0. The van der Waals surface area contributed by atoms with E-state index in [0.29, 0.717) is 0 Å². The largest absolute Gasteiger partial charge is 0.301 e. The van der Waals surface area contributed by atoms with Gasteiger partial charge in [0.25, 0.3) is 5.91 Å². The highest BCUT2D eigenvalue weighted by atomic mass is 16.2. The number of hydrogen-bond acceptors (Lipinski definition) is 2. The maximum Gasteiger partial charge on any atom is 0.255 e. The van der Waals surface area contributed by atoms with Gasteiger partial charge < -0.3 is 4.90 Å². The van der Waals surface area contributed by atoms with Crippen LogP contribution in [-0.2, 0) is 9.59 Å². The van der Waals surface area contributed by atoms with Crippen LogP contribution in [0.25, 0.3) is 0 Å². The van der Waals surface area contributed by atoms with Gasteiger partial charge in [-0.05, 0) is 61.7 Å². The summed E-state index contributed by atoms with van der Waals surface area (Å²) in [6, 6.07) is 22.4. The Morgan fingerprint density at radius 3 is 2.07 bits per heavy atom. The molecule has 0 radical (unpaired) electrons. The SMILES string of the molecule is Cc1ccc(N2C(=O)CN(c3ccc(C)c(C)c3)C(=O)[C@H]2c2ccccc2)cc1. The maximum absolute atomic E-state index is 13.7. The predicted octanol–water partition coefficient (Wildman–Crippen LogP) is 4.73. The zero-order valence-corrected chi connectivity index (χ0v) is 16.9. The molecule has 0 bridgehead atoms. The molecule has 0 unspecified atom stereocenters. The van der Waals surface area contributed by atoms with Gasteiger partial charge in [-0.15, -0.1) is 0 Å². The van der Waals surface area contributed by atoms with E-state index in [2.05, 4.69) is 0 Å². The van der Waals surface area contributed by atoms with Gasteiger partial charge in [-0.25, -0.2) is 0 Å². The number of piperazine rings is 1. The molecule has 1 heterocycles. The summed E-state index contributed by atoms with van der Waals surface area (Å²) >= 11 is 0. The Labute approximate surface area is 171 Å². The first kappa shape index (κ1) is 18.9. The number of hydrogen-bond donors (Lipinski definition) is 0. The molecular weight excluding hydrogens is 360 g/mol. The van der Waals surface area contributed by atoms with Crippen LogP contribution in [0.4, 0.5) is 11.4 Å². The summed E-state index contributed by atoms with van der Waals surface area (Å²) in [4.78, 5) is 30.2. The van der Waals surface area contributed by atoms with Crippen LogP contribution >= 0.6 is 0 Å². The van der Waals surface area contributed by atoms with Crippen molar-refractivity contribution in [1.82, 2.24) is 0 Å². The van der Waals surface area contributed by atoms with Crippen molar-refractivity contribution in [2.45, 2.75) is 26.8 Å². The molecule has 4 nitrogen and oxygen atoms in total. The lowest BCUT2D eigenvalue weighted by Crippen LogP contribution is -2.56. The van der Waals surface area contributed by atoms with Crippen LogP contribution in [0.5, 0.6) is 0 Å². The predicted molar refractivity (Wildman–Crippen MR) is 116 cm³/mol. The highest BCUT2D eigenvalue weighted by molar-refractivity contribution is 6.14. The monoisotopic (exact) mass is 384 g/mol. The van der Waals surface area contributed by atoms with Gasteiger partial charge >= 0.3 is 0 Å². The van der Waals surface area contributed by atoms with Crippen LogP contribution < -0.4 is 9.80 Å². The summed E-state index contributed by atoms with van der Waals surface area (Å²) < 4.78 is 0. The molecule has 1 aliphatic rings. The van der Waals surface area contributed by atoms with Gasteiger partial charge in [0.1, 0.15) is 12.6 Å². The van der Waals surface area contributed by atoms with E-state index < -0.39 is 6.04 Å². The topological polar surface area (TPSA) is 40.6 Å². The lowest BCUT2D eigenvalue weighted by molar-refractivity contribution is -0.128. The molecule has 2 amide bonds. The molecule has 0 spiro atoms. The molecule has 29 heavy (non-hydrogen) atoms. The number of anilines is 2. The summed E-state index contributed by atoms with van der Waals surface area (Å²) in [6.45, 7) is 6.08. The second-order valence-corrected chi connectivity index (χ2v) is 7.61. The number of aryl methyl sites for hydroxylation is 3. The van der Waals surface area contributed by atoms with Crippen LogP contribution in [0.1, 0.15) is 28.3 Å². The van der Waals surface area contributed by atoms with Crippen molar-refractivity contribution in [2.24, 2.45) is 0 Å². The van der Waals surface area contributed by atoms with Crippen molar-refractivity contribution in [3.05, 3.63) is 95.1 Å². The van der Waals surface area contributed by atoms with Gasteiger partial charge in [0.15, 0.2) is 0 Å². The number of carbonyl (C=O) groups is 2. The molecule has 0 saturated carbocycles. The third-order valence-corrected chi connectivity index (χ3v) is 5.55. The third kappa shape index (κ3) is 3.54. The Balaban J connectivity index is 1.80.